The summed E-state index contributed by atoms with van der Waals surface area (Å²) >= 11 is 0. The van der Waals surface area contributed by atoms with E-state index in [-0.39, 0.29) is 17.6 Å². The Bertz CT molecular complexity index is 1290. The van der Waals surface area contributed by atoms with E-state index in [1.807, 2.05) is 19.1 Å². The van der Waals surface area contributed by atoms with E-state index >= 15 is 0 Å². The van der Waals surface area contributed by atoms with Crippen molar-refractivity contribution in [3.8, 4) is 17.4 Å². The molecule has 10 heteroatoms. The summed E-state index contributed by atoms with van der Waals surface area (Å²) in [5.74, 6) is 0.495. The van der Waals surface area contributed by atoms with Crippen LogP contribution in [0.15, 0.2) is 63.4 Å². The molecule has 10 nitrogen and oxygen atoms in total. The number of aromatic nitrogens is 2. The van der Waals surface area contributed by atoms with Crippen LogP contribution in [0.2, 0.25) is 0 Å². The highest BCUT2D eigenvalue weighted by molar-refractivity contribution is 6.00. The fraction of sp³-hybridized carbons (Fsp3) is 0.0952. The molecule has 4 rings (SSSR count). The molecule has 1 amide bonds. The van der Waals surface area contributed by atoms with Gasteiger partial charge in [-0.05, 0) is 30.7 Å². The molecule has 4 aromatic rings. The third-order valence-corrected chi connectivity index (χ3v) is 4.18. The molecule has 0 radical (unpaired) electrons. The van der Waals surface area contributed by atoms with Gasteiger partial charge < -0.3 is 13.6 Å². The second-order valence-corrected chi connectivity index (χ2v) is 6.31. The highest BCUT2D eigenvalue weighted by Gasteiger charge is 2.16. The van der Waals surface area contributed by atoms with Gasteiger partial charge in [0.15, 0.2) is 17.1 Å². The molecule has 0 aliphatic heterocycles. The van der Waals surface area contributed by atoms with Crippen molar-refractivity contribution in [2.45, 2.75) is 6.92 Å². The highest BCUT2D eigenvalue weighted by atomic mass is 16.6. The van der Waals surface area contributed by atoms with Crippen LogP contribution in [0, 0.1) is 10.1 Å². The molecule has 1 N–H and O–H groups in total. The van der Waals surface area contributed by atoms with Crippen molar-refractivity contribution in [3.63, 3.8) is 0 Å². The number of nitrogens with zero attached hydrogens (tertiary/aromatic N) is 3. The van der Waals surface area contributed by atoms with Crippen molar-refractivity contribution in [2.24, 2.45) is 0 Å². The molecule has 0 unspecified atom stereocenters. The van der Waals surface area contributed by atoms with Crippen LogP contribution in [0.1, 0.15) is 12.5 Å². The summed E-state index contributed by atoms with van der Waals surface area (Å²) in [5, 5.41) is 21.8. The number of anilines is 1. The Morgan fingerprint density at radius 1 is 1.19 bits per heavy atom. The van der Waals surface area contributed by atoms with Crippen molar-refractivity contribution in [1.82, 2.24) is 10.2 Å². The molecule has 31 heavy (non-hydrogen) atoms. The summed E-state index contributed by atoms with van der Waals surface area (Å²) in [7, 11) is 0. The van der Waals surface area contributed by atoms with Crippen LogP contribution >= 0.6 is 0 Å². The lowest BCUT2D eigenvalue weighted by molar-refractivity contribution is -0.384. The number of carbonyl (C=O) groups excluding carboxylic acids is 1. The molecule has 0 aliphatic carbocycles. The minimum atomic E-state index is -0.537. The summed E-state index contributed by atoms with van der Waals surface area (Å²) in [6.45, 7) is 2.37. The van der Waals surface area contributed by atoms with Gasteiger partial charge >= 0.3 is 6.01 Å². The number of non-ortho nitro benzene ring substituents is 1. The predicted molar refractivity (Wildman–Crippen MR) is 111 cm³/mol. The van der Waals surface area contributed by atoms with Crippen LogP contribution in [0.4, 0.5) is 11.7 Å². The van der Waals surface area contributed by atoms with Crippen LogP contribution < -0.4 is 10.1 Å². The third kappa shape index (κ3) is 4.42. The SMILES string of the molecule is CCOc1cccc2cc(-c3nnc(NC(=O)C=Cc4cccc([N+](=O)[O-])c4)o3)oc12. The monoisotopic (exact) mass is 420 g/mol. The molecule has 0 saturated carbocycles. The van der Waals surface area contributed by atoms with E-state index in [0.717, 1.165) is 5.39 Å². The lowest BCUT2D eigenvalue weighted by atomic mass is 10.2. The number of nitro benzene ring substituents is 1. The van der Waals surface area contributed by atoms with Crippen molar-refractivity contribution in [1.29, 1.82) is 0 Å². The lowest BCUT2D eigenvalue weighted by Gasteiger charge is -2.01. The fourth-order valence-corrected chi connectivity index (χ4v) is 2.85. The van der Waals surface area contributed by atoms with E-state index in [2.05, 4.69) is 15.5 Å². The minimum Gasteiger partial charge on any atom is -0.490 e. The van der Waals surface area contributed by atoms with Gasteiger partial charge in [-0.15, -0.1) is 5.10 Å². The number of ether oxygens (including phenoxy) is 1. The van der Waals surface area contributed by atoms with Crippen molar-refractivity contribution >= 4 is 34.7 Å². The average Bonchev–Trinajstić information content (AvgIpc) is 3.40. The average molecular weight is 420 g/mol. The van der Waals surface area contributed by atoms with Gasteiger partial charge in [0.25, 0.3) is 17.5 Å². The number of furan rings is 1. The Labute approximate surface area is 175 Å². The van der Waals surface area contributed by atoms with E-state index in [4.69, 9.17) is 13.6 Å². The molecular formula is C21H16N4O6. The van der Waals surface area contributed by atoms with Crippen molar-refractivity contribution < 1.29 is 23.3 Å². The summed E-state index contributed by atoms with van der Waals surface area (Å²) < 4.78 is 16.8. The fourth-order valence-electron chi connectivity index (χ4n) is 2.85. The summed E-state index contributed by atoms with van der Waals surface area (Å²) in [5.41, 5.74) is 0.994. The van der Waals surface area contributed by atoms with Crippen LogP contribution in [-0.4, -0.2) is 27.6 Å². The molecule has 2 aromatic heterocycles. The van der Waals surface area contributed by atoms with E-state index in [9.17, 15) is 14.9 Å². The second kappa shape index (κ2) is 8.49. The number of para-hydroxylation sites is 1. The van der Waals surface area contributed by atoms with E-state index in [1.54, 1.807) is 18.2 Å². The maximum Gasteiger partial charge on any atom is 0.322 e. The zero-order valence-electron chi connectivity index (χ0n) is 16.3. The summed E-state index contributed by atoms with van der Waals surface area (Å²) in [4.78, 5) is 22.4. The normalized spacial score (nSPS) is 11.1. The Morgan fingerprint density at radius 2 is 2.03 bits per heavy atom. The van der Waals surface area contributed by atoms with Gasteiger partial charge in [0.1, 0.15) is 0 Å². The van der Waals surface area contributed by atoms with Gasteiger partial charge in [0, 0.05) is 23.6 Å². The number of hydrogen-bond acceptors (Lipinski definition) is 8. The first-order chi connectivity index (χ1) is 15.0. The number of hydrogen-bond donors (Lipinski definition) is 1. The standard InChI is InChI=1S/C21H16N4O6/c1-2-29-16-8-4-6-14-12-17(30-19(14)16)20-23-24-21(31-20)22-18(26)10-9-13-5-3-7-15(11-13)25(27)28/h3-12H,2H2,1H3,(H,22,24,26). The van der Waals surface area contributed by atoms with Gasteiger partial charge in [-0.25, -0.2) is 0 Å². The maximum atomic E-state index is 12.1. The van der Waals surface area contributed by atoms with Crippen LogP contribution in [0.5, 0.6) is 5.75 Å². The quantitative estimate of drug-likeness (QED) is 0.263. The van der Waals surface area contributed by atoms with Crippen molar-refractivity contribution in [3.05, 3.63) is 70.3 Å². The molecule has 0 saturated heterocycles. The number of fused-ring (bicyclic) bond motifs is 1. The van der Waals surface area contributed by atoms with E-state index in [1.165, 1.54) is 30.4 Å². The molecule has 2 heterocycles. The summed E-state index contributed by atoms with van der Waals surface area (Å²) in [6.07, 6.45) is 2.65. The number of carbonyl (C=O) groups is 1. The van der Waals surface area contributed by atoms with E-state index < -0.39 is 10.8 Å². The molecule has 0 aliphatic rings. The van der Waals surface area contributed by atoms with Gasteiger partial charge in [-0.2, -0.15) is 0 Å². The lowest BCUT2D eigenvalue weighted by Crippen LogP contribution is -2.07. The molecule has 0 atom stereocenters. The number of nitrogens with one attached hydrogen (secondary N) is 1. The zero-order valence-corrected chi connectivity index (χ0v) is 16.3. The first-order valence-electron chi connectivity index (χ1n) is 9.26. The topological polar surface area (TPSA) is 134 Å². The van der Waals surface area contributed by atoms with Gasteiger partial charge in [0.05, 0.1) is 11.5 Å². The third-order valence-electron chi connectivity index (χ3n) is 4.18. The largest absolute Gasteiger partial charge is 0.490 e. The van der Waals surface area contributed by atoms with Crippen molar-refractivity contribution in [2.75, 3.05) is 11.9 Å². The zero-order chi connectivity index (χ0) is 21.8. The Kier molecular flexibility index (Phi) is 5.43. The summed E-state index contributed by atoms with van der Waals surface area (Å²) in [6, 6.07) is 13.0. The first kappa shape index (κ1) is 19.8. The first-order valence-corrected chi connectivity index (χ1v) is 9.26. The second-order valence-electron chi connectivity index (χ2n) is 6.31. The smallest absolute Gasteiger partial charge is 0.322 e. The number of benzene rings is 2. The molecule has 156 valence electrons. The van der Waals surface area contributed by atoms with Gasteiger partial charge in [0.2, 0.25) is 0 Å². The number of amides is 1. The predicted octanol–water partition coefficient (Wildman–Crippen LogP) is 4.44. The van der Waals surface area contributed by atoms with Crippen LogP contribution in [0.25, 0.3) is 28.7 Å². The molecule has 0 fully saturated rings. The van der Waals surface area contributed by atoms with Crippen LogP contribution in [-0.2, 0) is 4.79 Å². The highest BCUT2D eigenvalue weighted by Crippen LogP contribution is 2.33. The Morgan fingerprint density at radius 3 is 2.84 bits per heavy atom. The van der Waals surface area contributed by atoms with Gasteiger partial charge in [-0.1, -0.05) is 29.4 Å². The van der Waals surface area contributed by atoms with Crippen LogP contribution in [0.3, 0.4) is 0 Å². The number of rotatable bonds is 7. The minimum absolute atomic E-state index is 0.0672. The number of nitro groups is 1. The molecule has 0 bridgehead atoms. The Hall–Kier alpha value is -4.47. The van der Waals surface area contributed by atoms with Gasteiger partial charge in [-0.3, -0.25) is 20.2 Å². The molecule has 0 spiro atoms. The molecular weight excluding hydrogens is 404 g/mol. The van der Waals surface area contributed by atoms with E-state index in [0.29, 0.717) is 29.3 Å². The Balaban J connectivity index is 1.47. The molecule has 2 aromatic carbocycles. The maximum absolute atomic E-state index is 12.1.